The van der Waals surface area contributed by atoms with Crippen LogP contribution >= 0.6 is 22.6 Å². The van der Waals surface area contributed by atoms with Crippen LogP contribution in [0.3, 0.4) is 0 Å². The third-order valence-electron chi connectivity index (χ3n) is 3.40. The number of carbonyl (C=O) groups excluding carboxylic acids is 1. The molecule has 1 aliphatic heterocycles. The summed E-state index contributed by atoms with van der Waals surface area (Å²) in [5.74, 6) is -1.03. The Morgan fingerprint density at radius 3 is 2.95 bits per heavy atom. The first-order valence-corrected chi connectivity index (χ1v) is 7.44. The summed E-state index contributed by atoms with van der Waals surface area (Å²) < 4.78 is 6.32. The second kappa shape index (κ2) is 6.53. The van der Waals surface area contributed by atoms with Crippen LogP contribution in [0.1, 0.15) is 22.3 Å². The van der Waals surface area contributed by atoms with E-state index in [1.165, 1.54) is 0 Å². The minimum Gasteiger partial charge on any atom is -0.481 e. The van der Waals surface area contributed by atoms with Gasteiger partial charge in [-0.15, -0.1) is 0 Å². The first-order valence-electron chi connectivity index (χ1n) is 6.36. The number of carbonyl (C=O) groups is 2. The van der Waals surface area contributed by atoms with Crippen LogP contribution in [0.15, 0.2) is 18.2 Å². The van der Waals surface area contributed by atoms with Gasteiger partial charge in [0, 0.05) is 15.7 Å². The van der Waals surface area contributed by atoms with Crippen molar-refractivity contribution in [1.29, 1.82) is 0 Å². The van der Waals surface area contributed by atoms with Gasteiger partial charge in [0.2, 0.25) is 0 Å². The number of amides is 1. The van der Waals surface area contributed by atoms with Crippen molar-refractivity contribution < 1.29 is 19.4 Å². The fraction of sp³-hybridized carbons (Fsp3) is 0.429. The Hall–Kier alpha value is -1.15. The van der Waals surface area contributed by atoms with Gasteiger partial charge in [-0.1, -0.05) is 6.07 Å². The molecule has 1 aliphatic rings. The molecule has 0 radical (unpaired) electrons. The van der Waals surface area contributed by atoms with Crippen LogP contribution in [0, 0.1) is 10.5 Å². The largest absolute Gasteiger partial charge is 0.481 e. The van der Waals surface area contributed by atoms with E-state index in [2.05, 4.69) is 22.6 Å². The maximum Gasteiger partial charge on any atom is 0.305 e. The number of nitrogens with zero attached hydrogens (tertiary/aromatic N) is 1. The summed E-state index contributed by atoms with van der Waals surface area (Å²) in [4.78, 5) is 25.2. The van der Waals surface area contributed by atoms with Crippen molar-refractivity contribution in [2.45, 2.75) is 19.4 Å². The standard InChI is InChI=1S/C14H16INO4/c1-9-11(3-2-4-12(9)15)14(19)16-5-6-20-8-10(16)7-13(17)18/h2-4,10H,5-8H2,1H3,(H,17,18). The number of benzene rings is 1. The first-order chi connectivity index (χ1) is 9.50. The van der Waals surface area contributed by atoms with Gasteiger partial charge in [-0.3, -0.25) is 9.59 Å². The Labute approximate surface area is 131 Å². The molecule has 6 heteroatoms. The van der Waals surface area contributed by atoms with Gasteiger partial charge in [0.05, 0.1) is 25.7 Å². The lowest BCUT2D eigenvalue weighted by Crippen LogP contribution is -2.49. The number of rotatable bonds is 3. The molecule has 1 atom stereocenters. The highest BCUT2D eigenvalue weighted by Gasteiger charge is 2.30. The minimum absolute atomic E-state index is 0.0886. The molecule has 5 nitrogen and oxygen atoms in total. The van der Waals surface area contributed by atoms with Crippen molar-refractivity contribution >= 4 is 34.5 Å². The molecule has 0 aromatic heterocycles. The Morgan fingerprint density at radius 2 is 2.25 bits per heavy atom. The number of carboxylic acid groups (broad SMARTS) is 1. The van der Waals surface area contributed by atoms with Crippen LogP contribution in [0.4, 0.5) is 0 Å². The monoisotopic (exact) mass is 389 g/mol. The summed E-state index contributed by atoms with van der Waals surface area (Å²) in [6.07, 6.45) is -0.0886. The van der Waals surface area contributed by atoms with Gasteiger partial charge < -0.3 is 14.7 Å². The van der Waals surface area contributed by atoms with E-state index in [1.807, 2.05) is 19.1 Å². The Morgan fingerprint density at radius 1 is 1.50 bits per heavy atom. The molecule has 0 saturated carbocycles. The van der Waals surface area contributed by atoms with Gasteiger partial charge in [0.1, 0.15) is 0 Å². The second-order valence-corrected chi connectivity index (χ2v) is 5.90. The topological polar surface area (TPSA) is 66.8 Å². The van der Waals surface area contributed by atoms with Crippen molar-refractivity contribution in [2.24, 2.45) is 0 Å². The van der Waals surface area contributed by atoms with Gasteiger partial charge >= 0.3 is 5.97 Å². The van der Waals surface area contributed by atoms with Crippen LogP contribution in [-0.4, -0.2) is 47.7 Å². The molecule has 0 spiro atoms. The van der Waals surface area contributed by atoms with Crippen molar-refractivity contribution in [3.8, 4) is 0 Å². The summed E-state index contributed by atoms with van der Waals surface area (Å²) in [6.45, 7) is 3.06. The fourth-order valence-corrected chi connectivity index (χ4v) is 2.78. The summed E-state index contributed by atoms with van der Waals surface area (Å²) >= 11 is 2.19. The van der Waals surface area contributed by atoms with E-state index in [-0.39, 0.29) is 18.9 Å². The summed E-state index contributed by atoms with van der Waals surface area (Å²) in [7, 11) is 0. The van der Waals surface area contributed by atoms with Gasteiger partial charge in [0.15, 0.2) is 0 Å². The van der Waals surface area contributed by atoms with Crippen molar-refractivity contribution in [3.63, 3.8) is 0 Å². The fourth-order valence-electron chi connectivity index (χ4n) is 2.29. The van der Waals surface area contributed by atoms with E-state index >= 15 is 0 Å². The van der Waals surface area contributed by atoms with E-state index in [0.29, 0.717) is 18.7 Å². The van der Waals surface area contributed by atoms with Crippen LogP contribution in [0.25, 0.3) is 0 Å². The average molecular weight is 389 g/mol. The molecule has 1 heterocycles. The molecule has 0 aliphatic carbocycles. The normalized spacial score (nSPS) is 18.9. The summed E-state index contributed by atoms with van der Waals surface area (Å²) in [5, 5.41) is 8.94. The Bertz CT molecular complexity index is 532. The molecule has 0 bridgehead atoms. The number of halogens is 1. The van der Waals surface area contributed by atoms with Gasteiger partial charge in [-0.2, -0.15) is 0 Å². The van der Waals surface area contributed by atoms with Crippen molar-refractivity contribution in [2.75, 3.05) is 19.8 Å². The predicted molar refractivity (Wildman–Crippen MR) is 81.8 cm³/mol. The zero-order valence-corrected chi connectivity index (χ0v) is 13.3. The maximum absolute atomic E-state index is 12.6. The van der Waals surface area contributed by atoms with E-state index in [9.17, 15) is 9.59 Å². The predicted octanol–water partition coefficient (Wildman–Crippen LogP) is 1.92. The molecule has 1 aromatic carbocycles. The number of ether oxygens (including phenoxy) is 1. The molecule has 1 aromatic rings. The van der Waals surface area contributed by atoms with Gasteiger partial charge in [-0.05, 0) is 47.2 Å². The Kier molecular flexibility index (Phi) is 4.98. The zero-order chi connectivity index (χ0) is 14.7. The summed E-state index contributed by atoms with van der Waals surface area (Å²) in [5.41, 5.74) is 1.56. The van der Waals surface area contributed by atoms with Crippen LogP contribution < -0.4 is 0 Å². The molecule has 1 unspecified atom stereocenters. The highest BCUT2D eigenvalue weighted by atomic mass is 127. The lowest BCUT2D eigenvalue weighted by Gasteiger charge is -2.35. The highest BCUT2D eigenvalue weighted by Crippen LogP contribution is 2.20. The SMILES string of the molecule is Cc1c(I)cccc1C(=O)N1CCOCC1CC(=O)O. The first kappa shape index (κ1) is 15.2. The third kappa shape index (κ3) is 3.29. The lowest BCUT2D eigenvalue weighted by atomic mass is 10.1. The molecular weight excluding hydrogens is 373 g/mol. The molecule has 2 rings (SSSR count). The van der Waals surface area contributed by atoms with Crippen molar-refractivity contribution in [3.05, 3.63) is 32.9 Å². The van der Waals surface area contributed by atoms with Crippen LogP contribution in [-0.2, 0) is 9.53 Å². The molecule has 20 heavy (non-hydrogen) atoms. The van der Waals surface area contributed by atoms with Crippen molar-refractivity contribution in [1.82, 2.24) is 4.90 Å². The highest BCUT2D eigenvalue weighted by molar-refractivity contribution is 14.1. The summed E-state index contributed by atoms with van der Waals surface area (Å²) in [6, 6.07) is 5.17. The minimum atomic E-state index is -0.919. The van der Waals surface area contributed by atoms with Gasteiger partial charge in [-0.25, -0.2) is 0 Å². The van der Waals surface area contributed by atoms with Crippen LogP contribution in [0.2, 0.25) is 0 Å². The average Bonchev–Trinajstić information content (AvgIpc) is 2.41. The van der Waals surface area contributed by atoms with Gasteiger partial charge in [0.25, 0.3) is 5.91 Å². The second-order valence-electron chi connectivity index (χ2n) is 4.74. The number of hydrogen-bond acceptors (Lipinski definition) is 3. The van der Waals surface area contributed by atoms with E-state index in [4.69, 9.17) is 9.84 Å². The molecule has 108 valence electrons. The number of hydrogen-bond donors (Lipinski definition) is 1. The molecule has 1 N–H and O–H groups in total. The molecule has 1 fully saturated rings. The lowest BCUT2D eigenvalue weighted by molar-refractivity contribution is -0.139. The zero-order valence-electron chi connectivity index (χ0n) is 11.1. The third-order valence-corrected chi connectivity index (χ3v) is 4.57. The number of aliphatic carboxylic acids is 1. The molecule has 1 amide bonds. The number of morpholine rings is 1. The number of carboxylic acids is 1. The molecule has 1 saturated heterocycles. The maximum atomic E-state index is 12.6. The smallest absolute Gasteiger partial charge is 0.305 e. The van der Waals surface area contributed by atoms with E-state index < -0.39 is 12.0 Å². The molecular formula is C14H16INO4. The quantitative estimate of drug-likeness (QED) is 0.803. The van der Waals surface area contributed by atoms with Crippen LogP contribution in [0.5, 0.6) is 0 Å². The Balaban J connectivity index is 2.25. The van der Waals surface area contributed by atoms with E-state index in [0.717, 1.165) is 9.13 Å². The van der Waals surface area contributed by atoms with E-state index in [1.54, 1.807) is 11.0 Å².